The summed E-state index contributed by atoms with van der Waals surface area (Å²) < 4.78 is 5.64. The zero-order chi connectivity index (χ0) is 11.7. The van der Waals surface area contributed by atoms with Crippen molar-refractivity contribution in [1.82, 2.24) is 10.2 Å². The molecule has 2 heterocycles. The van der Waals surface area contributed by atoms with Gasteiger partial charge in [-0.3, -0.25) is 9.89 Å². The molecule has 0 spiro atoms. The van der Waals surface area contributed by atoms with Gasteiger partial charge in [-0.25, -0.2) is 0 Å². The summed E-state index contributed by atoms with van der Waals surface area (Å²) in [6.07, 6.45) is 1.71. The molecule has 0 aliphatic carbocycles. The fraction of sp³-hybridized carbons (Fsp3) is 0.636. The number of nitrogens with zero attached hydrogens (tertiary/aromatic N) is 1. The molecule has 1 saturated heterocycles. The first-order chi connectivity index (χ1) is 7.59. The van der Waals surface area contributed by atoms with Gasteiger partial charge in [-0.05, 0) is 19.8 Å². The van der Waals surface area contributed by atoms with Crippen LogP contribution in [0.15, 0.2) is 12.3 Å². The van der Waals surface area contributed by atoms with Gasteiger partial charge < -0.3 is 10.1 Å². The highest BCUT2D eigenvalue weighted by Crippen LogP contribution is 2.32. The van der Waals surface area contributed by atoms with Crippen LogP contribution in [0.3, 0.4) is 0 Å². The second-order valence-corrected chi connectivity index (χ2v) is 4.39. The van der Waals surface area contributed by atoms with E-state index in [0.29, 0.717) is 5.82 Å². The second-order valence-electron chi connectivity index (χ2n) is 4.39. The van der Waals surface area contributed by atoms with Crippen LogP contribution < -0.4 is 5.32 Å². The lowest BCUT2D eigenvalue weighted by atomic mass is 9.89. The smallest absolute Gasteiger partial charge is 0.231 e. The van der Waals surface area contributed by atoms with Crippen LogP contribution in [0, 0.1) is 11.8 Å². The van der Waals surface area contributed by atoms with Gasteiger partial charge in [0.15, 0.2) is 0 Å². The van der Waals surface area contributed by atoms with Crippen molar-refractivity contribution in [1.29, 1.82) is 0 Å². The molecule has 0 aromatic carbocycles. The molecule has 2 N–H and O–H groups in total. The molecular formula is C11H17N3O2. The highest BCUT2D eigenvalue weighted by molar-refractivity contribution is 5.92. The second kappa shape index (κ2) is 4.25. The van der Waals surface area contributed by atoms with Crippen molar-refractivity contribution in [3.63, 3.8) is 0 Å². The molecule has 4 unspecified atom stereocenters. The number of nitrogens with one attached hydrogen (secondary N) is 2. The SMILES string of the molecule is CC1OC(C)C(C(=O)Nc2ccn[nH]2)C1C. The third kappa shape index (κ3) is 1.95. The predicted molar refractivity (Wildman–Crippen MR) is 59.9 cm³/mol. The number of aromatic amines is 1. The number of anilines is 1. The summed E-state index contributed by atoms with van der Waals surface area (Å²) in [5, 5.41) is 9.30. The van der Waals surface area contributed by atoms with Gasteiger partial charge in [0.1, 0.15) is 5.82 Å². The maximum absolute atomic E-state index is 12.0. The summed E-state index contributed by atoms with van der Waals surface area (Å²) in [4.78, 5) is 12.0. The van der Waals surface area contributed by atoms with E-state index in [9.17, 15) is 4.79 Å². The third-order valence-electron chi connectivity index (χ3n) is 3.30. The first-order valence-electron chi connectivity index (χ1n) is 5.55. The Bertz CT molecular complexity index is 363. The zero-order valence-electron chi connectivity index (χ0n) is 9.73. The summed E-state index contributed by atoms with van der Waals surface area (Å²) in [5.74, 6) is 0.758. The van der Waals surface area contributed by atoms with Crippen LogP contribution in [0.25, 0.3) is 0 Å². The Balaban J connectivity index is 2.04. The van der Waals surface area contributed by atoms with Crippen molar-refractivity contribution >= 4 is 11.7 Å². The lowest BCUT2D eigenvalue weighted by Crippen LogP contribution is -2.32. The van der Waals surface area contributed by atoms with Crippen molar-refractivity contribution in [2.75, 3.05) is 5.32 Å². The first kappa shape index (κ1) is 11.1. The van der Waals surface area contributed by atoms with E-state index >= 15 is 0 Å². The number of ether oxygens (including phenoxy) is 1. The van der Waals surface area contributed by atoms with Gasteiger partial charge in [-0.2, -0.15) is 5.10 Å². The van der Waals surface area contributed by atoms with Crippen molar-refractivity contribution < 1.29 is 9.53 Å². The minimum absolute atomic E-state index is 0.00593. The number of carbonyl (C=O) groups is 1. The zero-order valence-corrected chi connectivity index (χ0v) is 9.73. The molecule has 1 aromatic rings. The van der Waals surface area contributed by atoms with Gasteiger partial charge in [0.05, 0.1) is 24.3 Å². The number of hydrogen-bond donors (Lipinski definition) is 2. The first-order valence-corrected chi connectivity index (χ1v) is 5.55. The van der Waals surface area contributed by atoms with E-state index in [1.165, 1.54) is 0 Å². The quantitative estimate of drug-likeness (QED) is 0.796. The maximum Gasteiger partial charge on any atom is 0.231 e. The van der Waals surface area contributed by atoms with E-state index in [1.54, 1.807) is 12.3 Å². The van der Waals surface area contributed by atoms with Gasteiger partial charge in [-0.1, -0.05) is 6.92 Å². The molecule has 0 radical (unpaired) electrons. The van der Waals surface area contributed by atoms with E-state index in [1.807, 2.05) is 20.8 Å². The summed E-state index contributed by atoms with van der Waals surface area (Å²) in [5.41, 5.74) is 0. The molecule has 2 rings (SSSR count). The Morgan fingerprint density at radius 1 is 1.44 bits per heavy atom. The van der Waals surface area contributed by atoms with E-state index in [2.05, 4.69) is 15.5 Å². The molecule has 4 atom stereocenters. The largest absolute Gasteiger partial charge is 0.374 e. The molecule has 5 nitrogen and oxygen atoms in total. The number of H-pyrrole nitrogens is 1. The van der Waals surface area contributed by atoms with E-state index in [-0.39, 0.29) is 30.0 Å². The van der Waals surface area contributed by atoms with Crippen molar-refractivity contribution in [2.24, 2.45) is 11.8 Å². The number of carbonyl (C=O) groups excluding carboxylic acids is 1. The molecule has 5 heteroatoms. The van der Waals surface area contributed by atoms with Gasteiger partial charge in [-0.15, -0.1) is 0 Å². The summed E-state index contributed by atoms with van der Waals surface area (Å²) in [6, 6.07) is 1.73. The molecule has 88 valence electrons. The average molecular weight is 223 g/mol. The minimum atomic E-state index is -0.0988. The van der Waals surface area contributed by atoms with Gasteiger partial charge in [0.25, 0.3) is 0 Å². The molecule has 1 aromatic heterocycles. The molecule has 1 fully saturated rings. The molecule has 0 bridgehead atoms. The van der Waals surface area contributed by atoms with Crippen LogP contribution in [0.4, 0.5) is 5.82 Å². The van der Waals surface area contributed by atoms with Crippen LogP contribution >= 0.6 is 0 Å². The van der Waals surface area contributed by atoms with Gasteiger partial charge in [0, 0.05) is 6.07 Å². The van der Waals surface area contributed by atoms with E-state index < -0.39 is 0 Å². The van der Waals surface area contributed by atoms with E-state index in [4.69, 9.17) is 4.74 Å². The number of amides is 1. The molecule has 1 aliphatic rings. The highest BCUT2D eigenvalue weighted by Gasteiger charge is 2.41. The minimum Gasteiger partial charge on any atom is -0.374 e. The van der Waals surface area contributed by atoms with Crippen molar-refractivity contribution in [3.05, 3.63) is 12.3 Å². The van der Waals surface area contributed by atoms with Crippen LogP contribution in [-0.4, -0.2) is 28.3 Å². The standard InChI is InChI=1S/C11H17N3O2/c1-6-7(2)16-8(3)10(6)11(15)13-9-4-5-12-14-9/h4-8,10H,1-3H3,(H2,12,13,14,15). The lowest BCUT2D eigenvalue weighted by molar-refractivity contribution is -0.122. The third-order valence-corrected chi connectivity index (χ3v) is 3.30. The number of hydrogen-bond acceptors (Lipinski definition) is 3. The normalized spacial score (nSPS) is 33.9. The fourth-order valence-corrected chi connectivity index (χ4v) is 2.26. The van der Waals surface area contributed by atoms with Crippen LogP contribution in [0.5, 0.6) is 0 Å². The fourth-order valence-electron chi connectivity index (χ4n) is 2.26. The topological polar surface area (TPSA) is 67.0 Å². The molecular weight excluding hydrogens is 206 g/mol. The van der Waals surface area contributed by atoms with E-state index in [0.717, 1.165) is 0 Å². The van der Waals surface area contributed by atoms with Crippen molar-refractivity contribution in [2.45, 2.75) is 33.0 Å². The maximum atomic E-state index is 12.0. The molecule has 0 saturated carbocycles. The highest BCUT2D eigenvalue weighted by atomic mass is 16.5. The summed E-state index contributed by atoms with van der Waals surface area (Å²) in [6.45, 7) is 5.99. The molecule has 1 amide bonds. The van der Waals surface area contributed by atoms with Crippen LogP contribution in [0.2, 0.25) is 0 Å². The number of rotatable bonds is 2. The average Bonchev–Trinajstić information content (AvgIpc) is 2.77. The van der Waals surface area contributed by atoms with Gasteiger partial charge >= 0.3 is 0 Å². The van der Waals surface area contributed by atoms with Gasteiger partial charge in [0.2, 0.25) is 5.91 Å². The predicted octanol–water partition coefficient (Wildman–Crippen LogP) is 1.41. The lowest BCUT2D eigenvalue weighted by Gasteiger charge is -2.17. The van der Waals surface area contributed by atoms with Crippen LogP contribution in [-0.2, 0) is 9.53 Å². The number of aromatic nitrogens is 2. The summed E-state index contributed by atoms with van der Waals surface area (Å²) >= 11 is 0. The summed E-state index contributed by atoms with van der Waals surface area (Å²) in [7, 11) is 0. The Labute approximate surface area is 94.6 Å². The Hall–Kier alpha value is -1.36. The molecule has 1 aliphatic heterocycles. The monoisotopic (exact) mass is 223 g/mol. The Morgan fingerprint density at radius 2 is 2.19 bits per heavy atom. The molecule has 16 heavy (non-hydrogen) atoms. The van der Waals surface area contributed by atoms with Crippen molar-refractivity contribution in [3.8, 4) is 0 Å². The Kier molecular flexibility index (Phi) is 2.96. The Morgan fingerprint density at radius 3 is 2.69 bits per heavy atom. The van der Waals surface area contributed by atoms with Crippen LogP contribution in [0.1, 0.15) is 20.8 Å².